The fraction of sp³-hybridized carbons (Fsp3) is 0.278. The summed E-state index contributed by atoms with van der Waals surface area (Å²) in [4.78, 5) is 21.4. The molecule has 0 fully saturated rings. The third kappa shape index (κ3) is 12.8. The van der Waals surface area contributed by atoms with E-state index in [-0.39, 0.29) is 12.8 Å². The Morgan fingerprint density at radius 1 is 0.688 bits per heavy atom. The van der Waals surface area contributed by atoms with Gasteiger partial charge in [-0.2, -0.15) is 0 Å². The fourth-order valence-electron chi connectivity index (χ4n) is 4.63. The Bertz CT molecular complexity index is 1700. The number of halogens is 4. The standard InChI is InChI=1S/C19H21Br2NO3.C17H17Br2NO3/c1-3-22-15-7-12(2)6-14(8-15)11-25-19-16(20)9-13(10-17(19)21)4-5-18(23)24;1-10-2-3-12(8-15(10)20)9-23-17-13(18)6-11(7-14(17)19)4-5-16(21)22/h6-10,22H,3-5,11H2,1-2H3,(H,23,24);2-3,6-8H,4-5,9,20H2,1H3,(H,21,22). The second-order valence-electron chi connectivity index (χ2n) is 11.1. The van der Waals surface area contributed by atoms with Gasteiger partial charge in [0.2, 0.25) is 0 Å². The molecule has 0 aliphatic carbocycles. The van der Waals surface area contributed by atoms with E-state index in [0.29, 0.717) is 37.6 Å². The lowest BCUT2D eigenvalue weighted by Crippen LogP contribution is -2.02. The molecule has 0 unspecified atom stereocenters. The van der Waals surface area contributed by atoms with Crippen LogP contribution in [0.25, 0.3) is 0 Å². The summed E-state index contributed by atoms with van der Waals surface area (Å²) in [5.74, 6) is -0.216. The van der Waals surface area contributed by atoms with Gasteiger partial charge < -0.3 is 30.7 Å². The molecular weight excluding hydrogens is 876 g/mol. The van der Waals surface area contributed by atoms with Crippen LogP contribution < -0.4 is 20.5 Å². The summed E-state index contributed by atoms with van der Waals surface area (Å²) in [5, 5.41) is 20.9. The molecule has 0 amide bonds. The Balaban J connectivity index is 0.000000261. The molecule has 4 aromatic rings. The Labute approximate surface area is 314 Å². The summed E-state index contributed by atoms with van der Waals surface area (Å²) in [7, 11) is 0. The number of carboxylic acids is 2. The zero-order chi connectivity index (χ0) is 35.4. The highest BCUT2D eigenvalue weighted by Gasteiger charge is 2.12. The van der Waals surface area contributed by atoms with Crippen LogP contribution in [0.1, 0.15) is 53.1 Å². The molecular formula is C36H38Br4N2O6. The monoisotopic (exact) mass is 910 g/mol. The largest absolute Gasteiger partial charge is 0.487 e. The van der Waals surface area contributed by atoms with Crippen LogP contribution in [-0.2, 0) is 35.6 Å². The number of rotatable bonds is 14. The van der Waals surface area contributed by atoms with Crippen molar-refractivity contribution in [2.75, 3.05) is 17.6 Å². The van der Waals surface area contributed by atoms with Gasteiger partial charge in [-0.25, -0.2) is 0 Å². The van der Waals surface area contributed by atoms with Crippen LogP contribution >= 0.6 is 63.7 Å². The molecule has 0 radical (unpaired) electrons. The van der Waals surface area contributed by atoms with Gasteiger partial charge in [0.1, 0.15) is 24.7 Å². The third-order valence-corrected chi connectivity index (χ3v) is 9.36. The van der Waals surface area contributed by atoms with E-state index in [9.17, 15) is 9.59 Å². The summed E-state index contributed by atoms with van der Waals surface area (Å²) in [5.41, 5.74) is 13.9. The maximum absolute atomic E-state index is 10.7. The number of ether oxygens (including phenoxy) is 2. The molecule has 0 aromatic heterocycles. The van der Waals surface area contributed by atoms with E-state index in [1.54, 1.807) is 0 Å². The second kappa shape index (κ2) is 19.2. The van der Waals surface area contributed by atoms with Gasteiger partial charge in [0, 0.05) is 30.8 Å². The first-order valence-electron chi connectivity index (χ1n) is 15.1. The maximum Gasteiger partial charge on any atom is 0.303 e. The van der Waals surface area contributed by atoms with Gasteiger partial charge in [0.15, 0.2) is 0 Å². The van der Waals surface area contributed by atoms with Crippen LogP contribution in [0.15, 0.2) is 78.6 Å². The van der Waals surface area contributed by atoms with E-state index in [1.165, 1.54) is 5.56 Å². The second-order valence-corrected chi connectivity index (χ2v) is 14.5. The molecule has 0 heterocycles. The van der Waals surface area contributed by atoms with Crippen molar-refractivity contribution in [3.63, 3.8) is 0 Å². The minimum atomic E-state index is -0.811. The molecule has 0 atom stereocenters. The highest BCUT2D eigenvalue weighted by atomic mass is 79.9. The van der Waals surface area contributed by atoms with Crippen molar-refractivity contribution >= 4 is 87.0 Å². The van der Waals surface area contributed by atoms with Crippen molar-refractivity contribution in [1.82, 2.24) is 0 Å². The summed E-state index contributed by atoms with van der Waals surface area (Å²) in [6.07, 6.45) is 1.16. The highest BCUT2D eigenvalue weighted by molar-refractivity contribution is 9.11. The molecule has 4 aromatic carbocycles. The van der Waals surface area contributed by atoms with E-state index < -0.39 is 11.9 Å². The first-order chi connectivity index (χ1) is 22.7. The van der Waals surface area contributed by atoms with Crippen molar-refractivity contribution < 1.29 is 29.3 Å². The first-order valence-corrected chi connectivity index (χ1v) is 18.3. The number of hydrogen-bond acceptors (Lipinski definition) is 6. The number of nitrogens with two attached hydrogens (primary N) is 1. The lowest BCUT2D eigenvalue weighted by atomic mass is 10.1. The third-order valence-electron chi connectivity index (χ3n) is 7.00. The Hall–Kier alpha value is -3.06. The predicted molar refractivity (Wildman–Crippen MR) is 205 cm³/mol. The van der Waals surface area contributed by atoms with Gasteiger partial charge in [-0.3, -0.25) is 9.59 Å². The van der Waals surface area contributed by atoms with E-state index in [4.69, 9.17) is 25.4 Å². The lowest BCUT2D eigenvalue weighted by molar-refractivity contribution is -0.138. The summed E-state index contributed by atoms with van der Waals surface area (Å²) >= 11 is 14.0. The molecule has 256 valence electrons. The summed E-state index contributed by atoms with van der Waals surface area (Å²) in [6.45, 7) is 7.82. The number of carboxylic acid groups (broad SMARTS) is 2. The number of anilines is 2. The Morgan fingerprint density at radius 2 is 1.17 bits per heavy atom. The normalized spacial score (nSPS) is 10.6. The number of nitrogens with one attached hydrogen (secondary N) is 1. The maximum atomic E-state index is 10.7. The molecule has 0 aliphatic heterocycles. The van der Waals surface area contributed by atoms with Gasteiger partial charge in [-0.05, 0) is 173 Å². The van der Waals surface area contributed by atoms with E-state index in [0.717, 1.165) is 63.6 Å². The predicted octanol–water partition coefficient (Wildman–Crippen LogP) is 10.2. The zero-order valence-electron chi connectivity index (χ0n) is 26.8. The van der Waals surface area contributed by atoms with Crippen molar-refractivity contribution in [3.05, 3.63) is 112 Å². The van der Waals surface area contributed by atoms with Crippen molar-refractivity contribution in [2.24, 2.45) is 0 Å². The first kappa shape index (κ1) is 39.4. The van der Waals surface area contributed by atoms with Crippen LogP contribution in [0.2, 0.25) is 0 Å². The average Bonchev–Trinajstić information content (AvgIpc) is 3.00. The van der Waals surface area contributed by atoms with Gasteiger partial charge in [0.05, 0.1) is 17.9 Å². The van der Waals surface area contributed by atoms with Crippen molar-refractivity contribution in [1.29, 1.82) is 0 Å². The van der Waals surface area contributed by atoms with E-state index in [2.05, 4.69) is 101 Å². The topological polar surface area (TPSA) is 131 Å². The summed E-state index contributed by atoms with van der Waals surface area (Å²) in [6, 6.07) is 19.7. The molecule has 0 spiro atoms. The smallest absolute Gasteiger partial charge is 0.303 e. The molecule has 0 saturated heterocycles. The van der Waals surface area contributed by atoms with Crippen LogP contribution in [-0.4, -0.2) is 28.7 Å². The van der Waals surface area contributed by atoms with Gasteiger partial charge in [-0.1, -0.05) is 18.2 Å². The van der Waals surface area contributed by atoms with Crippen LogP contribution in [0, 0.1) is 13.8 Å². The number of carbonyl (C=O) groups is 2. The number of aryl methyl sites for hydroxylation is 4. The van der Waals surface area contributed by atoms with Gasteiger partial charge in [0.25, 0.3) is 0 Å². The van der Waals surface area contributed by atoms with Crippen LogP contribution in [0.4, 0.5) is 11.4 Å². The van der Waals surface area contributed by atoms with Crippen molar-refractivity contribution in [2.45, 2.75) is 59.7 Å². The molecule has 48 heavy (non-hydrogen) atoms. The molecule has 0 saturated carbocycles. The molecule has 8 nitrogen and oxygen atoms in total. The van der Waals surface area contributed by atoms with E-state index >= 15 is 0 Å². The Kier molecular flexibility index (Phi) is 15.8. The molecule has 0 aliphatic rings. The summed E-state index contributed by atoms with van der Waals surface area (Å²) < 4.78 is 15.0. The highest BCUT2D eigenvalue weighted by Crippen LogP contribution is 2.37. The zero-order valence-corrected chi connectivity index (χ0v) is 33.2. The van der Waals surface area contributed by atoms with Crippen LogP contribution in [0.3, 0.4) is 0 Å². The quantitative estimate of drug-likeness (QED) is 0.0921. The molecule has 4 rings (SSSR count). The number of nitrogen functional groups attached to an aromatic ring is 1. The molecule has 5 N–H and O–H groups in total. The van der Waals surface area contributed by atoms with Gasteiger partial charge in [-0.15, -0.1) is 0 Å². The Morgan fingerprint density at radius 3 is 1.60 bits per heavy atom. The minimum absolute atomic E-state index is 0.0989. The fourth-order valence-corrected chi connectivity index (χ4v) is 7.65. The molecule has 0 bridgehead atoms. The number of hydrogen-bond donors (Lipinski definition) is 4. The number of aliphatic carboxylic acids is 2. The molecule has 12 heteroatoms. The average molecular weight is 914 g/mol. The van der Waals surface area contributed by atoms with E-state index in [1.807, 2.05) is 49.4 Å². The lowest BCUT2D eigenvalue weighted by Gasteiger charge is -2.14. The van der Waals surface area contributed by atoms with Crippen LogP contribution in [0.5, 0.6) is 11.5 Å². The van der Waals surface area contributed by atoms with Gasteiger partial charge >= 0.3 is 11.9 Å². The minimum Gasteiger partial charge on any atom is -0.487 e. The van der Waals surface area contributed by atoms with Crippen molar-refractivity contribution in [3.8, 4) is 11.5 Å². The number of benzene rings is 4. The SMILES string of the molecule is CCNc1cc(C)cc(COc2c(Br)cc(CCC(=O)O)cc2Br)c1.Cc1ccc(COc2c(Br)cc(CCC(=O)O)cc2Br)cc1N.